The molecule has 25 heavy (non-hydrogen) atoms. The Bertz CT molecular complexity index is 734. The highest BCUT2D eigenvalue weighted by Crippen LogP contribution is 2.24. The van der Waals surface area contributed by atoms with Crippen molar-refractivity contribution in [3.63, 3.8) is 0 Å². The first-order valence-corrected chi connectivity index (χ1v) is 8.32. The first kappa shape index (κ1) is 17.3. The van der Waals surface area contributed by atoms with Crippen molar-refractivity contribution in [2.75, 3.05) is 24.5 Å². The molecular weight excluding hydrogens is 327 g/mol. The molecule has 3 heterocycles. The Morgan fingerprint density at radius 1 is 1.52 bits per heavy atom. The fourth-order valence-electron chi connectivity index (χ4n) is 2.93. The minimum absolute atomic E-state index is 0.0951. The molecule has 1 amide bonds. The number of aryl methyl sites for hydroxylation is 1. The zero-order valence-corrected chi connectivity index (χ0v) is 14.0. The summed E-state index contributed by atoms with van der Waals surface area (Å²) in [6.07, 6.45) is 3.11. The molecule has 0 aliphatic carbocycles. The van der Waals surface area contributed by atoms with Gasteiger partial charge in [0.05, 0.1) is 11.8 Å². The summed E-state index contributed by atoms with van der Waals surface area (Å²) in [5.41, 5.74) is -0.880. The quantitative estimate of drug-likeness (QED) is 0.851. The molecule has 3 rings (SSSR count). The van der Waals surface area contributed by atoms with Gasteiger partial charge >= 0.3 is 0 Å². The number of hydrogen-bond donors (Lipinski definition) is 2. The third-order valence-electron chi connectivity index (χ3n) is 4.31. The van der Waals surface area contributed by atoms with Crippen molar-refractivity contribution in [1.29, 1.82) is 0 Å². The lowest BCUT2D eigenvalue weighted by atomic mass is 9.92. The number of nitrogens with zero attached hydrogens (tertiary/aromatic N) is 3. The third kappa shape index (κ3) is 4.14. The van der Waals surface area contributed by atoms with E-state index in [4.69, 9.17) is 4.52 Å². The van der Waals surface area contributed by atoms with Gasteiger partial charge in [0.1, 0.15) is 17.4 Å². The van der Waals surface area contributed by atoms with Gasteiger partial charge in [-0.25, -0.2) is 9.37 Å². The van der Waals surface area contributed by atoms with E-state index in [9.17, 15) is 14.3 Å². The van der Waals surface area contributed by atoms with Gasteiger partial charge in [-0.2, -0.15) is 0 Å². The normalized spacial score (nSPS) is 20.5. The van der Waals surface area contributed by atoms with E-state index >= 15 is 0 Å². The Balaban J connectivity index is 1.60. The molecule has 7 nitrogen and oxygen atoms in total. The summed E-state index contributed by atoms with van der Waals surface area (Å²) in [4.78, 5) is 18.1. The van der Waals surface area contributed by atoms with Crippen molar-refractivity contribution in [2.45, 2.75) is 31.8 Å². The van der Waals surface area contributed by atoms with Crippen LogP contribution in [0.1, 0.15) is 36.0 Å². The molecule has 1 atom stereocenters. The maximum absolute atomic E-state index is 13.0. The number of hydrogen-bond acceptors (Lipinski definition) is 6. The molecule has 1 aliphatic rings. The molecule has 2 aromatic rings. The van der Waals surface area contributed by atoms with Crippen LogP contribution in [0.2, 0.25) is 0 Å². The molecular formula is C17H21FN4O3. The predicted octanol–water partition coefficient (Wildman–Crippen LogP) is 1.53. The van der Waals surface area contributed by atoms with Crippen LogP contribution in [-0.2, 0) is 6.42 Å². The fraction of sp³-hybridized carbons (Fsp3) is 0.471. The monoisotopic (exact) mass is 348 g/mol. The molecule has 0 radical (unpaired) electrons. The average Bonchev–Trinajstić information content (AvgIpc) is 3.10. The summed E-state index contributed by atoms with van der Waals surface area (Å²) < 4.78 is 18.0. The van der Waals surface area contributed by atoms with Crippen molar-refractivity contribution in [3.05, 3.63) is 41.7 Å². The Morgan fingerprint density at radius 3 is 3.04 bits per heavy atom. The Kier molecular flexibility index (Phi) is 4.98. The first-order valence-electron chi connectivity index (χ1n) is 8.32. The highest BCUT2D eigenvalue weighted by atomic mass is 19.1. The van der Waals surface area contributed by atoms with Crippen LogP contribution in [0, 0.1) is 5.82 Å². The molecule has 0 saturated carbocycles. The van der Waals surface area contributed by atoms with Crippen LogP contribution < -0.4 is 10.2 Å². The zero-order chi connectivity index (χ0) is 17.9. The van der Waals surface area contributed by atoms with Gasteiger partial charge in [0, 0.05) is 32.1 Å². The predicted molar refractivity (Wildman–Crippen MR) is 88.8 cm³/mol. The SMILES string of the molecule is CCc1cc(C(=O)NC[C@]2(O)CCCN(c3ccc(F)cn3)C2)no1. The number of halogens is 1. The summed E-state index contributed by atoms with van der Waals surface area (Å²) in [7, 11) is 0. The Hall–Kier alpha value is -2.48. The van der Waals surface area contributed by atoms with Crippen molar-refractivity contribution >= 4 is 11.7 Å². The second-order valence-electron chi connectivity index (χ2n) is 6.30. The van der Waals surface area contributed by atoms with E-state index in [1.165, 1.54) is 6.07 Å². The van der Waals surface area contributed by atoms with E-state index < -0.39 is 11.4 Å². The molecule has 8 heteroatoms. The molecule has 0 aromatic carbocycles. The van der Waals surface area contributed by atoms with Gasteiger partial charge in [0.15, 0.2) is 5.69 Å². The number of pyridine rings is 1. The van der Waals surface area contributed by atoms with Gasteiger partial charge in [-0.05, 0) is 25.0 Å². The number of β-amino-alcohol motifs (C(OH)–C–C–N with tert-alkyl or cyclic N) is 1. The highest BCUT2D eigenvalue weighted by Gasteiger charge is 2.34. The summed E-state index contributed by atoms with van der Waals surface area (Å²) in [6, 6.07) is 4.52. The number of amides is 1. The summed E-state index contributed by atoms with van der Waals surface area (Å²) >= 11 is 0. The lowest BCUT2D eigenvalue weighted by Crippen LogP contribution is -2.54. The number of carbonyl (C=O) groups is 1. The standard InChI is InChI=1S/C17H21FN4O3/c1-2-13-8-14(21-25-13)16(23)20-10-17(24)6-3-7-22(11-17)15-5-4-12(18)9-19-15/h4-5,8-9,24H,2-3,6-7,10-11H2,1H3,(H,20,23)/t17-/m1/s1. The van der Waals surface area contributed by atoms with E-state index in [1.807, 2.05) is 11.8 Å². The van der Waals surface area contributed by atoms with E-state index in [-0.39, 0.29) is 18.1 Å². The lowest BCUT2D eigenvalue weighted by Gasteiger charge is -2.39. The largest absolute Gasteiger partial charge is 0.386 e. The smallest absolute Gasteiger partial charge is 0.273 e. The molecule has 1 aliphatic heterocycles. The molecule has 1 fully saturated rings. The number of nitrogens with one attached hydrogen (secondary N) is 1. The number of aromatic nitrogens is 2. The number of piperidine rings is 1. The zero-order valence-electron chi connectivity index (χ0n) is 14.0. The fourth-order valence-corrected chi connectivity index (χ4v) is 2.93. The molecule has 0 spiro atoms. The van der Waals surface area contributed by atoms with E-state index in [0.29, 0.717) is 31.0 Å². The maximum Gasteiger partial charge on any atom is 0.273 e. The van der Waals surface area contributed by atoms with Gasteiger partial charge in [-0.15, -0.1) is 0 Å². The van der Waals surface area contributed by atoms with E-state index in [1.54, 1.807) is 12.1 Å². The van der Waals surface area contributed by atoms with Crippen LogP contribution in [0.15, 0.2) is 28.9 Å². The van der Waals surface area contributed by atoms with E-state index in [2.05, 4.69) is 15.5 Å². The summed E-state index contributed by atoms with van der Waals surface area (Å²) in [5, 5.41) is 17.2. The molecule has 2 N–H and O–H groups in total. The second-order valence-corrected chi connectivity index (χ2v) is 6.30. The van der Waals surface area contributed by atoms with Crippen LogP contribution in [0.25, 0.3) is 0 Å². The topological polar surface area (TPSA) is 91.5 Å². The maximum atomic E-state index is 13.0. The summed E-state index contributed by atoms with van der Waals surface area (Å²) in [5.74, 6) is 0.460. The molecule has 2 aromatic heterocycles. The van der Waals surface area contributed by atoms with Crippen molar-refractivity contribution in [1.82, 2.24) is 15.5 Å². The third-order valence-corrected chi connectivity index (χ3v) is 4.31. The van der Waals surface area contributed by atoms with Crippen molar-refractivity contribution in [2.24, 2.45) is 0 Å². The molecule has 1 saturated heterocycles. The van der Waals surface area contributed by atoms with Gasteiger partial charge in [-0.1, -0.05) is 12.1 Å². The van der Waals surface area contributed by atoms with Gasteiger partial charge in [0.25, 0.3) is 5.91 Å². The molecule has 134 valence electrons. The first-order chi connectivity index (χ1) is 12.0. The van der Waals surface area contributed by atoms with Crippen molar-refractivity contribution in [3.8, 4) is 0 Å². The minimum atomic E-state index is -1.08. The van der Waals surface area contributed by atoms with Crippen LogP contribution in [0.4, 0.5) is 10.2 Å². The molecule has 0 unspecified atom stereocenters. The van der Waals surface area contributed by atoms with Gasteiger partial charge < -0.3 is 19.8 Å². The number of carbonyl (C=O) groups excluding carboxylic acids is 1. The lowest BCUT2D eigenvalue weighted by molar-refractivity contribution is 0.0253. The van der Waals surface area contributed by atoms with Gasteiger partial charge in [-0.3, -0.25) is 4.79 Å². The number of anilines is 1. The van der Waals surface area contributed by atoms with Crippen LogP contribution in [0.5, 0.6) is 0 Å². The summed E-state index contributed by atoms with van der Waals surface area (Å²) in [6.45, 7) is 3.03. The number of rotatable bonds is 5. The minimum Gasteiger partial charge on any atom is -0.386 e. The van der Waals surface area contributed by atoms with Crippen LogP contribution in [-0.4, -0.2) is 46.4 Å². The number of aliphatic hydroxyl groups is 1. The van der Waals surface area contributed by atoms with Crippen LogP contribution >= 0.6 is 0 Å². The van der Waals surface area contributed by atoms with Crippen LogP contribution in [0.3, 0.4) is 0 Å². The Labute approximate surface area is 144 Å². The van der Waals surface area contributed by atoms with Gasteiger partial charge in [0.2, 0.25) is 0 Å². The second kappa shape index (κ2) is 7.18. The molecule has 0 bridgehead atoms. The van der Waals surface area contributed by atoms with Crippen molar-refractivity contribution < 1.29 is 18.8 Å². The van der Waals surface area contributed by atoms with E-state index in [0.717, 1.165) is 19.2 Å². The Morgan fingerprint density at radius 2 is 2.36 bits per heavy atom. The average molecular weight is 348 g/mol. The highest BCUT2D eigenvalue weighted by molar-refractivity contribution is 5.92.